The number of hydrogen-bond acceptors (Lipinski definition) is 4. The fourth-order valence-electron chi connectivity index (χ4n) is 3.28. The van der Waals surface area contributed by atoms with Crippen molar-refractivity contribution < 1.29 is 14.6 Å². The van der Waals surface area contributed by atoms with E-state index in [1.165, 1.54) is 23.5 Å². The second-order valence-corrected chi connectivity index (χ2v) is 6.42. The molecular weight excluding hydrogens is 318 g/mol. The van der Waals surface area contributed by atoms with Crippen LogP contribution in [-0.4, -0.2) is 36.9 Å². The predicted molar refractivity (Wildman–Crippen MR) is 96.2 cm³/mol. The molecule has 1 saturated heterocycles. The van der Waals surface area contributed by atoms with Crippen LogP contribution in [0.1, 0.15) is 22.8 Å². The molecule has 1 heterocycles. The van der Waals surface area contributed by atoms with Crippen molar-refractivity contribution in [3.8, 4) is 0 Å². The average molecular weight is 340 g/mol. The van der Waals surface area contributed by atoms with Crippen molar-refractivity contribution in [2.75, 3.05) is 31.1 Å². The number of nitro benzene ring substituents is 1. The molecule has 0 aromatic heterocycles. The number of rotatable bonds is 5. The summed E-state index contributed by atoms with van der Waals surface area (Å²) in [6.07, 6.45) is 0. The first-order valence-corrected chi connectivity index (χ1v) is 8.46. The lowest BCUT2D eigenvalue weighted by Crippen LogP contribution is -3.13. The summed E-state index contributed by atoms with van der Waals surface area (Å²) in [6, 6.07) is 15.1. The Balaban J connectivity index is 1.70. The van der Waals surface area contributed by atoms with E-state index in [1.54, 1.807) is 12.1 Å². The Morgan fingerprint density at radius 1 is 1.16 bits per heavy atom. The molecule has 2 aromatic rings. The van der Waals surface area contributed by atoms with E-state index in [-0.39, 0.29) is 11.5 Å². The Hall–Kier alpha value is -2.73. The molecule has 1 fully saturated rings. The quantitative estimate of drug-likeness (QED) is 0.511. The van der Waals surface area contributed by atoms with E-state index in [0.717, 1.165) is 32.7 Å². The van der Waals surface area contributed by atoms with Gasteiger partial charge in [0.1, 0.15) is 12.2 Å². The average Bonchev–Trinajstić information content (AvgIpc) is 2.62. The zero-order chi connectivity index (χ0) is 17.8. The number of Topliss-reactive ketones (excluding diaryl/α,β-unsaturated/α-hetero) is 1. The first-order valence-electron chi connectivity index (χ1n) is 8.46. The first kappa shape index (κ1) is 17.1. The zero-order valence-corrected chi connectivity index (χ0v) is 14.3. The lowest BCUT2D eigenvalue weighted by molar-refractivity contribution is -0.914. The van der Waals surface area contributed by atoms with E-state index in [9.17, 15) is 14.9 Å². The van der Waals surface area contributed by atoms with E-state index in [0.29, 0.717) is 11.3 Å². The molecule has 130 valence electrons. The normalized spacial score (nSPS) is 15.2. The van der Waals surface area contributed by atoms with Gasteiger partial charge in [-0.1, -0.05) is 30.3 Å². The first-order chi connectivity index (χ1) is 12.0. The van der Waals surface area contributed by atoms with Crippen LogP contribution in [0, 0.1) is 10.1 Å². The van der Waals surface area contributed by atoms with Crippen molar-refractivity contribution in [3.63, 3.8) is 0 Å². The highest BCUT2D eigenvalue weighted by Crippen LogP contribution is 2.29. The fourth-order valence-corrected chi connectivity index (χ4v) is 3.28. The maximum Gasteiger partial charge on any atom is 0.293 e. The SMILES string of the molecule is CC(=O)c1ccc(N2CC[NH+](Cc3ccccc3)CC2)c([N+](=O)[O-])c1. The molecule has 0 aliphatic carbocycles. The Kier molecular flexibility index (Phi) is 5.09. The highest BCUT2D eigenvalue weighted by molar-refractivity contribution is 5.95. The number of benzene rings is 2. The molecule has 3 rings (SSSR count). The molecule has 6 nitrogen and oxygen atoms in total. The van der Waals surface area contributed by atoms with Gasteiger partial charge in [-0.3, -0.25) is 14.9 Å². The molecule has 0 saturated carbocycles. The highest BCUT2D eigenvalue weighted by Gasteiger charge is 2.26. The Morgan fingerprint density at radius 2 is 1.84 bits per heavy atom. The number of ketones is 1. The maximum absolute atomic E-state index is 11.5. The molecule has 0 amide bonds. The number of quaternary nitrogens is 1. The topological polar surface area (TPSA) is 67.9 Å². The van der Waals surface area contributed by atoms with Gasteiger partial charge in [-0.05, 0) is 19.1 Å². The third kappa shape index (κ3) is 4.03. The van der Waals surface area contributed by atoms with Gasteiger partial charge in [-0.15, -0.1) is 0 Å². The van der Waals surface area contributed by atoms with Crippen molar-refractivity contribution in [3.05, 3.63) is 69.8 Å². The Bertz CT molecular complexity index is 769. The van der Waals surface area contributed by atoms with Crippen LogP contribution < -0.4 is 9.80 Å². The number of carbonyl (C=O) groups is 1. The van der Waals surface area contributed by atoms with Crippen molar-refractivity contribution in [2.24, 2.45) is 0 Å². The molecule has 1 aliphatic rings. The van der Waals surface area contributed by atoms with Crippen LogP contribution in [-0.2, 0) is 6.54 Å². The summed E-state index contributed by atoms with van der Waals surface area (Å²) in [4.78, 5) is 26.0. The van der Waals surface area contributed by atoms with Gasteiger partial charge in [0.05, 0.1) is 31.1 Å². The van der Waals surface area contributed by atoms with Gasteiger partial charge in [0.25, 0.3) is 5.69 Å². The molecule has 1 N–H and O–H groups in total. The molecule has 25 heavy (non-hydrogen) atoms. The van der Waals surface area contributed by atoms with E-state index in [2.05, 4.69) is 17.0 Å². The van der Waals surface area contributed by atoms with Gasteiger partial charge in [-0.25, -0.2) is 0 Å². The minimum atomic E-state index is -0.398. The van der Waals surface area contributed by atoms with Gasteiger partial charge in [0, 0.05) is 17.2 Å². The number of nitro groups is 1. The number of carbonyl (C=O) groups excluding carboxylic acids is 1. The summed E-state index contributed by atoms with van der Waals surface area (Å²) in [6.45, 7) is 5.79. The molecule has 6 heteroatoms. The number of hydrogen-bond donors (Lipinski definition) is 1. The van der Waals surface area contributed by atoms with Gasteiger partial charge in [-0.2, -0.15) is 0 Å². The van der Waals surface area contributed by atoms with E-state index < -0.39 is 4.92 Å². The highest BCUT2D eigenvalue weighted by atomic mass is 16.6. The van der Waals surface area contributed by atoms with Crippen molar-refractivity contribution in [2.45, 2.75) is 13.5 Å². The van der Waals surface area contributed by atoms with Crippen molar-refractivity contribution >= 4 is 17.2 Å². The van der Waals surface area contributed by atoms with Gasteiger partial charge in [0.2, 0.25) is 0 Å². The zero-order valence-electron chi connectivity index (χ0n) is 14.3. The number of nitrogens with zero attached hydrogens (tertiary/aromatic N) is 2. The van der Waals surface area contributed by atoms with E-state index in [1.807, 2.05) is 18.2 Å². The molecular formula is C19H22N3O3+. The molecule has 0 atom stereocenters. The standard InChI is InChI=1S/C19H21N3O3/c1-15(23)17-7-8-18(19(13-17)22(24)25)21-11-9-20(10-12-21)14-16-5-3-2-4-6-16/h2-8,13H,9-12,14H2,1H3/p+1. The second kappa shape index (κ2) is 7.44. The van der Waals surface area contributed by atoms with Crippen LogP contribution in [0.25, 0.3) is 0 Å². The van der Waals surface area contributed by atoms with Gasteiger partial charge >= 0.3 is 0 Å². The van der Waals surface area contributed by atoms with E-state index >= 15 is 0 Å². The third-order valence-corrected chi connectivity index (χ3v) is 4.69. The van der Waals surface area contributed by atoms with Crippen molar-refractivity contribution in [1.82, 2.24) is 0 Å². The number of anilines is 1. The molecule has 2 aromatic carbocycles. The van der Waals surface area contributed by atoms with Crippen LogP contribution in [0.15, 0.2) is 48.5 Å². The summed E-state index contributed by atoms with van der Waals surface area (Å²) in [5.41, 5.74) is 2.31. The minimum absolute atomic E-state index is 0.0132. The summed E-state index contributed by atoms with van der Waals surface area (Å²) in [5, 5.41) is 11.4. The van der Waals surface area contributed by atoms with Crippen LogP contribution in [0.4, 0.5) is 11.4 Å². The van der Waals surface area contributed by atoms with Crippen LogP contribution in [0.5, 0.6) is 0 Å². The van der Waals surface area contributed by atoms with Crippen LogP contribution in [0.2, 0.25) is 0 Å². The monoisotopic (exact) mass is 340 g/mol. The minimum Gasteiger partial charge on any atom is -0.355 e. The Labute approximate surface area is 146 Å². The maximum atomic E-state index is 11.5. The summed E-state index contributed by atoms with van der Waals surface area (Å²) in [5.74, 6) is -0.160. The van der Waals surface area contributed by atoms with Gasteiger partial charge in [0.15, 0.2) is 5.78 Å². The number of piperazine rings is 1. The third-order valence-electron chi connectivity index (χ3n) is 4.69. The smallest absolute Gasteiger partial charge is 0.293 e. The molecule has 0 bridgehead atoms. The second-order valence-electron chi connectivity index (χ2n) is 6.42. The van der Waals surface area contributed by atoms with E-state index in [4.69, 9.17) is 0 Å². The van der Waals surface area contributed by atoms with Gasteiger partial charge < -0.3 is 9.80 Å². The lowest BCUT2D eigenvalue weighted by Gasteiger charge is -2.33. The summed E-state index contributed by atoms with van der Waals surface area (Å²) in [7, 11) is 0. The summed E-state index contributed by atoms with van der Waals surface area (Å²) < 4.78 is 0. The lowest BCUT2D eigenvalue weighted by atomic mass is 10.1. The van der Waals surface area contributed by atoms with Crippen molar-refractivity contribution in [1.29, 1.82) is 0 Å². The fraction of sp³-hybridized carbons (Fsp3) is 0.316. The van der Waals surface area contributed by atoms with Crippen LogP contribution in [0.3, 0.4) is 0 Å². The number of nitrogens with one attached hydrogen (secondary N) is 1. The molecule has 0 spiro atoms. The largest absolute Gasteiger partial charge is 0.355 e. The molecule has 0 unspecified atom stereocenters. The predicted octanol–water partition coefficient (Wildman–Crippen LogP) is 1.70. The summed E-state index contributed by atoms with van der Waals surface area (Å²) >= 11 is 0. The molecule has 1 aliphatic heterocycles. The van der Waals surface area contributed by atoms with Crippen LogP contribution >= 0.6 is 0 Å². The Morgan fingerprint density at radius 3 is 2.44 bits per heavy atom. The molecule has 0 radical (unpaired) electrons.